The van der Waals surface area contributed by atoms with Gasteiger partial charge < -0.3 is 10.2 Å². The molecule has 2 heteroatoms. The first-order chi connectivity index (χ1) is 7.70. The van der Waals surface area contributed by atoms with Crippen LogP contribution in [-0.2, 0) is 0 Å². The second-order valence-corrected chi connectivity index (χ2v) is 5.99. The number of hydrogen-bond donors (Lipinski definition) is 1. The van der Waals surface area contributed by atoms with Gasteiger partial charge in [-0.15, -0.1) is 0 Å². The maximum Gasteiger partial charge on any atom is 0.0107 e. The molecule has 0 aromatic carbocycles. The van der Waals surface area contributed by atoms with Crippen molar-refractivity contribution in [1.82, 2.24) is 10.2 Å². The Hall–Kier alpha value is -0.0800. The summed E-state index contributed by atoms with van der Waals surface area (Å²) in [5.41, 5.74) is 0. The molecule has 0 saturated heterocycles. The summed E-state index contributed by atoms with van der Waals surface area (Å²) < 4.78 is 0. The van der Waals surface area contributed by atoms with Crippen LogP contribution in [0.1, 0.15) is 46.0 Å². The Morgan fingerprint density at radius 2 is 2.00 bits per heavy atom. The Morgan fingerprint density at radius 3 is 2.62 bits per heavy atom. The predicted octanol–water partition coefficient (Wildman–Crippen LogP) is 2.49. The van der Waals surface area contributed by atoms with Crippen molar-refractivity contribution in [2.24, 2.45) is 11.8 Å². The summed E-state index contributed by atoms with van der Waals surface area (Å²) in [6.07, 6.45) is 7.05. The highest BCUT2D eigenvalue weighted by molar-refractivity contribution is 4.88. The summed E-state index contributed by atoms with van der Waals surface area (Å²) in [7, 11) is 2.34. The lowest BCUT2D eigenvalue weighted by atomic mass is 9.90. The summed E-state index contributed by atoms with van der Waals surface area (Å²) in [6.45, 7) is 7.07. The third-order valence-corrected chi connectivity index (χ3v) is 4.56. The van der Waals surface area contributed by atoms with E-state index in [1.54, 1.807) is 0 Å². The van der Waals surface area contributed by atoms with E-state index in [2.05, 4.69) is 31.1 Å². The minimum absolute atomic E-state index is 0.780. The number of rotatable bonds is 5. The Balaban J connectivity index is 1.74. The van der Waals surface area contributed by atoms with Crippen molar-refractivity contribution >= 4 is 0 Å². The lowest BCUT2D eigenvalue weighted by Crippen LogP contribution is -2.43. The van der Waals surface area contributed by atoms with Gasteiger partial charge in [0.15, 0.2) is 0 Å². The standard InChI is InChI=1S/C14H28N2/c1-4-15-13-6-5-7-14(9-13)16(3)10-12-8-11(12)2/h11-15H,4-10H2,1-3H3. The van der Waals surface area contributed by atoms with Gasteiger partial charge >= 0.3 is 0 Å². The molecule has 2 aliphatic rings. The van der Waals surface area contributed by atoms with Gasteiger partial charge in [0, 0.05) is 18.6 Å². The van der Waals surface area contributed by atoms with Crippen molar-refractivity contribution in [3.63, 3.8) is 0 Å². The van der Waals surface area contributed by atoms with Crippen molar-refractivity contribution in [3.8, 4) is 0 Å². The van der Waals surface area contributed by atoms with Crippen LogP contribution in [0.5, 0.6) is 0 Å². The van der Waals surface area contributed by atoms with Crippen LogP contribution in [0.25, 0.3) is 0 Å². The monoisotopic (exact) mass is 224 g/mol. The first-order valence-corrected chi connectivity index (χ1v) is 7.14. The first-order valence-electron chi connectivity index (χ1n) is 7.14. The average Bonchev–Trinajstić information content (AvgIpc) is 2.95. The van der Waals surface area contributed by atoms with E-state index in [1.165, 1.54) is 38.6 Å². The van der Waals surface area contributed by atoms with E-state index in [0.29, 0.717) is 0 Å². The highest BCUT2D eigenvalue weighted by Gasteiger charge is 2.35. The van der Waals surface area contributed by atoms with Crippen molar-refractivity contribution in [1.29, 1.82) is 0 Å². The molecule has 0 aromatic rings. The smallest absolute Gasteiger partial charge is 0.0107 e. The van der Waals surface area contributed by atoms with E-state index in [9.17, 15) is 0 Å². The molecular weight excluding hydrogens is 196 g/mol. The minimum Gasteiger partial charge on any atom is -0.314 e. The fourth-order valence-corrected chi connectivity index (χ4v) is 3.21. The number of nitrogens with one attached hydrogen (secondary N) is 1. The highest BCUT2D eigenvalue weighted by atomic mass is 15.1. The van der Waals surface area contributed by atoms with Crippen LogP contribution in [0.15, 0.2) is 0 Å². The zero-order valence-electron chi connectivity index (χ0n) is 11.2. The van der Waals surface area contributed by atoms with Gasteiger partial charge in [0.05, 0.1) is 0 Å². The van der Waals surface area contributed by atoms with Gasteiger partial charge in [-0.1, -0.05) is 20.3 Å². The van der Waals surface area contributed by atoms with Crippen LogP contribution in [-0.4, -0.2) is 37.1 Å². The summed E-state index contributed by atoms with van der Waals surface area (Å²) >= 11 is 0. The molecule has 94 valence electrons. The number of nitrogens with zero attached hydrogens (tertiary/aromatic N) is 1. The zero-order chi connectivity index (χ0) is 11.5. The van der Waals surface area contributed by atoms with Gasteiger partial charge in [0.1, 0.15) is 0 Å². The lowest BCUT2D eigenvalue weighted by molar-refractivity contribution is 0.163. The van der Waals surface area contributed by atoms with Crippen LogP contribution in [0.4, 0.5) is 0 Å². The third kappa shape index (κ3) is 3.21. The topological polar surface area (TPSA) is 15.3 Å². The quantitative estimate of drug-likeness (QED) is 0.772. The molecule has 0 spiro atoms. The van der Waals surface area contributed by atoms with Crippen molar-refractivity contribution in [2.45, 2.75) is 58.0 Å². The molecule has 2 aliphatic carbocycles. The molecule has 0 aromatic heterocycles. The van der Waals surface area contributed by atoms with Crippen molar-refractivity contribution in [2.75, 3.05) is 20.1 Å². The average molecular weight is 224 g/mol. The van der Waals surface area contributed by atoms with E-state index in [0.717, 1.165) is 30.5 Å². The van der Waals surface area contributed by atoms with Crippen LogP contribution in [0.3, 0.4) is 0 Å². The molecule has 2 rings (SSSR count). The summed E-state index contributed by atoms with van der Waals surface area (Å²) in [5.74, 6) is 2.00. The Kier molecular flexibility index (Phi) is 4.26. The fraction of sp³-hybridized carbons (Fsp3) is 1.00. The highest BCUT2D eigenvalue weighted by Crippen LogP contribution is 2.38. The van der Waals surface area contributed by atoms with Crippen LogP contribution < -0.4 is 5.32 Å². The molecule has 4 atom stereocenters. The summed E-state index contributed by atoms with van der Waals surface area (Å²) in [6, 6.07) is 1.62. The van der Waals surface area contributed by atoms with Gasteiger partial charge in [0.2, 0.25) is 0 Å². The van der Waals surface area contributed by atoms with Gasteiger partial charge in [-0.2, -0.15) is 0 Å². The van der Waals surface area contributed by atoms with Crippen LogP contribution in [0.2, 0.25) is 0 Å². The fourth-order valence-electron chi connectivity index (χ4n) is 3.21. The maximum absolute atomic E-state index is 3.62. The largest absolute Gasteiger partial charge is 0.314 e. The normalized spacial score (nSPS) is 39.0. The molecule has 2 saturated carbocycles. The van der Waals surface area contributed by atoms with E-state index in [1.807, 2.05) is 0 Å². The maximum atomic E-state index is 3.62. The second-order valence-electron chi connectivity index (χ2n) is 5.99. The SMILES string of the molecule is CCNC1CCCC(N(C)CC2CC2C)C1. The molecular formula is C14H28N2. The lowest BCUT2D eigenvalue weighted by Gasteiger charge is -2.35. The third-order valence-electron chi connectivity index (χ3n) is 4.56. The van der Waals surface area contributed by atoms with Crippen LogP contribution >= 0.6 is 0 Å². The molecule has 0 bridgehead atoms. The van der Waals surface area contributed by atoms with Gasteiger partial charge in [-0.3, -0.25) is 0 Å². The first kappa shape index (κ1) is 12.4. The van der Waals surface area contributed by atoms with Crippen LogP contribution in [0, 0.1) is 11.8 Å². The van der Waals surface area contributed by atoms with Crippen molar-refractivity contribution < 1.29 is 0 Å². The summed E-state index contributed by atoms with van der Waals surface area (Å²) in [5, 5.41) is 3.62. The van der Waals surface area contributed by atoms with E-state index < -0.39 is 0 Å². The predicted molar refractivity (Wildman–Crippen MR) is 69.6 cm³/mol. The van der Waals surface area contributed by atoms with Gasteiger partial charge in [-0.25, -0.2) is 0 Å². The zero-order valence-corrected chi connectivity index (χ0v) is 11.2. The van der Waals surface area contributed by atoms with Crippen molar-refractivity contribution in [3.05, 3.63) is 0 Å². The second kappa shape index (κ2) is 5.50. The molecule has 0 amide bonds. The Bertz CT molecular complexity index is 215. The minimum atomic E-state index is 0.780. The molecule has 0 heterocycles. The molecule has 16 heavy (non-hydrogen) atoms. The molecule has 2 fully saturated rings. The molecule has 1 N–H and O–H groups in total. The molecule has 0 aliphatic heterocycles. The summed E-state index contributed by atoms with van der Waals surface area (Å²) in [4.78, 5) is 2.64. The Morgan fingerprint density at radius 1 is 1.25 bits per heavy atom. The van der Waals surface area contributed by atoms with Gasteiger partial charge in [0.25, 0.3) is 0 Å². The Labute approximate surface area is 101 Å². The van der Waals surface area contributed by atoms with E-state index in [-0.39, 0.29) is 0 Å². The molecule has 0 radical (unpaired) electrons. The van der Waals surface area contributed by atoms with E-state index >= 15 is 0 Å². The van der Waals surface area contributed by atoms with E-state index in [4.69, 9.17) is 0 Å². The molecule has 4 unspecified atom stereocenters. The van der Waals surface area contributed by atoms with Gasteiger partial charge in [-0.05, 0) is 51.1 Å². The molecule has 2 nitrogen and oxygen atoms in total. The number of hydrogen-bond acceptors (Lipinski definition) is 2.